The van der Waals surface area contributed by atoms with E-state index in [-0.39, 0.29) is 34.6 Å². The van der Waals surface area contributed by atoms with Gasteiger partial charge in [0.2, 0.25) is 0 Å². The summed E-state index contributed by atoms with van der Waals surface area (Å²) in [4.78, 5) is 13.0. The molecule has 2 aliphatic rings. The average Bonchev–Trinajstić information content (AvgIpc) is 2.91. The van der Waals surface area contributed by atoms with Crippen molar-refractivity contribution in [1.82, 2.24) is 0 Å². The molecule has 0 unspecified atom stereocenters. The van der Waals surface area contributed by atoms with Gasteiger partial charge in [0.1, 0.15) is 77.2 Å². The minimum atomic E-state index is -1.86. The number of fused-ring (bicyclic) bond motifs is 1. The quantitative estimate of drug-likeness (QED) is 0.172. The van der Waals surface area contributed by atoms with E-state index in [2.05, 4.69) is 0 Å². The third-order valence-corrected chi connectivity index (χ3v) is 7.03. The van der Waals surface area contributed by atoms with E-state index in [0.717, 1.165) is 12.1 Å². The minimum Gasteiger partial charge on any atom is -0.508 e. The normalized spacial score (nSPS) is 32.8. The zero-order chi connectivity index (χ0) is 28.9. The number of rotatable bonds is 5. The fourth-order valence-corrected chi connectivity index (χ4v) is 4.81. The first-order valence-electron chi connectivity index (χ1n) is 12.3. The summed E-state index contributed by atoms with van der Waals surface area (Å²) in [6, 6.07) is 7.54. The van der Waals surface area contributed by atoms with Crippen LogP contribution in [0.15, 0.2) is 45.6 Å². The van der Waals surface area contributed by atoms with Crippen molar-refractivity contribution in [1.29, 1.82) is 0 Å². The summed E-state index contributed by atoms with van der Waals surface area (Å²) in [6.07, 6.45) is -14.5. The summed E-state index contributed by atoms with van der Waals surface area (Å²) in [5.41, 5.74) is -1.04. The molecule has 0 radical (unpaired) electrons. The van der Waals surface area contributed by atoms with E-state index >= 15 is 0 Å². The lowest BCUT2D eigenvalue weighted by Gasteiger charge is -2.42. The van der Waals surface area contributed by atoms with Gasteiger partial charge in [-0.1, -0.05) is 0 Å². The molecular weight excluding hydrogens is 536 g/mol. The Bertz CT molecular complexity index is 1420. The van der Waals surface area contributed by atoms with Gasteiger partial charge in [-0.15, -0.1) is 0 Å². The molecule has 2 aromatic carbocycles. The van der Waals surface area contributed by atoms with Gasteiger partial charge in [-0.2, -0.15) is 0 Å². The molecule has 9 atom stereocenters. The van der Waals surface area contributed by atoms with Crippen LogP contribution in [0.1, 0.15) is 11.7 Å². The van der Waals surface area contributed by atoms with Gasteiger partial charge in [-0.3, -0.25) is 4.79 Å². The highest BCUT2D eigenvalue weighted by Gasteiger charge is 2.47. The van der Waals surface area contributed by atoms with Crippen molar-refractivity contribution in [3.05, 3.63) is 52.2 Å². The summed E-state index contributed by atoms with van der Waals surface area (Å²) < 4.78 is 22.3. The fraction of sp³-hybridized carbons (Fsp3) is 0.423. The Labute approximate surface area is 225 Å². The minimum absolute atomic E-state index is 0.0151. The first kappa shape index (κ1) is 28.2. The topological polar surface area (TPSA) is 240 Å². The molecule has 3 heterocycles. The molecular formula is C26H28O14. The molecule has 0 bridgehead atoms. The number of aliphatic hydroxyl groups excluding tert-OH is 6. The van der Waals surface area contributed by atoms with Gasteiger partial charge in [-0.25, -0.2) is 0 Å². The summed E-state index contributed by atoms with van der Waals surface area (Å²) in [5.74, 6) is -1.35. The predicted octanol–water partition coefficient (Wildman–Crippen LogP) is -1.44. The first-order chi connectivity index (χ1) is 19.0. The van der Waals surface area contributed by atoms with E-state index in [0.29, 0.717) is 5.56 Å². The zero-order valence-electron chi connectivity index (χ0n) is 20.6. The van der Waals surface area contributed by atoms with Crippen LogP contribution in [0.25, 0.3) is 22.3 Å². The number of aromatic hydroxyl groups is 3. The maximum Gasteiger partial charge on any atom is 0.197 e. The Balaban J connectivity index is 1.51. The number of hydrogen-bond acceptors (Lipinski definition) is 14. The van der Waals surface area contributed by atoms with Crippen molar-refractivity contribution in [2.45, 2.75) is 55.1 Å². The Morgan fingerprint density at radius 3 is 2.23 bits per heavy atom. The van der Waals surface area contributed by atoms with E-state index < -0.39 is 78.7 Å². The molecule has 0 aliphatic carbocycles. The average molecular weight is 564 g/mol. The lowest BCUT2D eigenvalue weighted by molar-refractivity contribution is -0.291. The van der Waals surface area contributed by atoms with Crippen LogP contribution in [0.2, 0.25) is 0 Å². The number of phenols is 3. The highest BCUT2D eigenvalue weighted by molar-refractivity contribution is 5.89. The van der Waals surface area contributed by atoms with Crippen LogP contribution in [0.3, 0.4) is 0 Å². The lowest BCUT2D eigenvalue weighted by atomic mass is 9.89. The van der Waals surface area contributed by atoms with E-state index in [9.17, 15) is 50.8 Å². The smallest absolute Gasteiger partial charge is 0.197 e. The van der Waals surface area contributed by atoms with Crippen molar-refractivity contribution in [2.24, 2.45) is 0 Å². The van der Waals surface area contributed by atoms with Crippen LogP contribution in [-0.4, -0.2) is 108 Å². The number of aliphatic hydroxyl groups is 6. The molecule has 14 heteroatoms. The summed E-state index contributed by atoms with van der Waals surface area (Å²) in [5, 5.41) is 92.0. The highest BCUT2D eigenvalue weighted by atomic mass is 16.7. The molecule has 5 rings (SSSR count). The number of benzene rings is 2. The largest absolute Gasteiger partial charge is 0.508 e. The van der Waals surface area contributed by atoms with Crippen LogP contribution < -0.4 is 5.43 Å². The molecule has 2 fully saturated rings. The van der Waals surface area contributed by atoms with Crippen LogP contribution in [0, 0.1) is 0 Å². The number of hydrogen-bond donors (Lipinski definition) is 9. The highest BCUT2D eigenvalue weighted by Crippen LogP contribution is 2.44. The number of ether oxygens (including phenoxy) is 3. The molecule has 2 aliphatic heterocycles. The van der Waals surface area contributed by atoms with Gasteiger partial charge in [0.05, 0.1) is 18.8 Å². The maximum absolute atomic E-state index is 13.0. The second kappa shape index (κ2) is 10.9. The molecule has 1 aromatic heterocycles. The van der Waals surface area contributed by atoms with E-state index in [4.69, 9.17) is 18.6 Å². The van der Waals surface area contributed by atoms with Gasteiger partial charge >= 0.3 is 0 Å². The summed E-state index contributed by atoms with van der Waals surface area (Å²) in [6.45, 7) is -0.901. The fourth-order valence-electron chi connectivity index (χ4n) is 4.81. The van der Waals surface area contributed by atoms with Crippen LogP contribution in [0.4, 0.5) is 0 Å². The molecule has 0 spiro atoms. The number of phenolic OH excluding ortho intramolecular Hbond substituents is 3. The summed E-state index contributed by atoms with van der Waals surface area (Å²) >= 11 is 0. The molecule has 0 saturated carbocycles. The van der Waals surface area contributed by atoms with Crippen molar-refractivity contribution in [3.63, 3.8) is 0 Å². The van der Waals surface area contributed by atoms with Gasteiger partial charge in [-0.05, 0) is 24.3 Å². The van der Waals surface area contributed by atoms with E-state index in [1.807, 2.05) is 0 Å². The Morgan fingerprint density at radius 1 is 0.825 bits per heavy atom. The first-order valence-corrected chi connectivity index (χ1v) is 12.3. The molecule has 0 amide bonds. The predicted molar refractivity (Wildman–Crippen MR) is 132 cm³/mol. The third-order valence-electron chi connectivity index (χ3n) is 7.03. The maximum atomic E-state index is 13.0. The van der Waals surface area contributed by atoms with Crippen molar-refractivity contribution >= 4 is 11.0 Å². The van der Waals surface area contributed by atoms with Gasteiger partial charge in [0, 0.05) is 17.7 Å². The molecule has 9 N–H and O–H groups in total. The van der Waals surface area contributed by atoms with Crippen LogP contribution in [-0.2, 0) is 14.2 Å². The monoisotopic (exact) mass is 564 g/mol. The van der Waals surface area contributed by atoms with Crippen molar-refractivity contribution in [2.75, 3.05) is 13.2 Å². The van der Waals surface area contributed by atoms with Crippen LogP contribution >= 0.6 is 0 Å². The molecule has 40 heavy (non-hydrogen) atoms. The lowest BCUT2D eigenvalue weighted by Crippen LogP contribution is -2.57. The Morgan fingerprint density at radius 2 is 1.52 bits per heavy atom. The standard InChI is InChI=1S/C26H28O14/c27-10-3-1-9(2-4-10)15-6-13(30)17-11(28)5-12(29)18(24(17)39-15)25-22(35)21(34)20(33)16(40-25)8-38-26-23(36)19(32)14(31)7-37-26/h1-6,14,16,19-23,25-29,31-36H,7-8H2/t14-,16+,19-,20-,21+,22-,23-,25+,26+/m1/s1. The second-order valence-electron chi connectivity index (χ2n) is 9.70. The van der Waals surface area contributed by atoms with E-state index in [1.54, 1.807) is 0 Å². The van der Waals surface area contributed by atoms with Crippen molar-refractivity contribution in [3.8, 4) is 28.6 Å². The van der Waals surface area contributed by atoms with Gasteiger partial charge in [0.25, 0.3) is 0 Å². The Kier molecular flexibility index (Phi) is 7.71. The zero-order valence-corrected chi connectivity index (χ0v) is 20.6. The van der Waals surface area contributed by atoms with E-state index in [1.165, 1.54) is 24.3 Å². The Hall–Kier alpha value is -3.31. The van der Waals surface area contributed by atoms with Gasteiger partial charge in [0.15, 0.2) is 17.3 Å². The second-order valence-corrected chi connectivity index (χ2v) is 9.70. The van der Waals surface area contributed by atoms with Gasteiger partial charge < -0.3 is 64.6 Å². The molecule has 3 aromatic rings. The van der Waals surface area contributed by atoms with Crippen molar-refractivity contribution < 1.29 is 64.6 Å². The third kappa shape index (κ3) is 5.01. The summed E-state index contributed by atoms with van der Waals surface area (Å²) in [7, 11) is 0. The molecule has 216 valence electrons. The van der Waals surface area contributed by atoms with Crippen LogP contribution in [0.5, 0.6) is 17.2 Å². The SMILES string of the molecule is O=c1cc(-c2ccc(O)cc2)oc2c([C@@H]3O[C@@H](CO[C@@H]4OC[C@@H](O)[C@@H](O)[C@H]4O)[C@@H](O)[C@H](O)[C@H]3O)c(O)cc(O)c12. The molecule has 2 saturated heterocycles. The molecule has 14 nitrogen and oxygen atoms in total.